The highest BCUT2D eigenvalue weighted by Crippen LogP contribution is 2.23. The van der Waals surface area contributed by atoms with E-state index < -0.39 is 24.3 Å². The fraction of sp³-hybridized carbons (Fsp3) is 0.0870. The van der Waals surface area contributed by atoms with Gasteiger partial charge < -0.3 is 15.4 Å². The van der Waals surface area contributed by atoms with E-state index in [1.807, 2.05) is 6.07 Å². The molecule has 158 valence electrons. The first-order valence-electron chi connectivity index (χ1n) is 9.30. The zero-order valence-electron chi connectivity index (χ0n) is 16.3. The Morgan fingerprint density at radius 2 is 1.39 bits per heavy atom. The summed E-state index contributed by atoms with van der Waals surface area (Å²) < 4.78 is 18.1. The molecule has 0 spiro atoms. The summed E-state index contributed by atoms with van der Waals surface area (Å²) in [5, 5.41) is 5.29. The number of carbonyl (C=O) groups is 3. The zero-order chi connectivity index (χ0) is 22.1. The lowest BCUT2D eigenvalue weighted by Gasteiger charge is -2.10. The molecule has 0 fully saturated rings. The van der Waals surface area contributed by atoms with E-state index in [0.29, 0.717) is 16.3 Å². The molecule has 0 heterocycles. The lowest BCUT2D eigenvalue weighted by Crippen LogP contribution is -2.21. The summed E-state index contributed by atoms with van der Waals surface area (Å²) in [6.07, 6.45) is 0. The molecular formula is C23H19FN2O4S. The summed E-state index contributed by atoms with van der Waals surface area (Å²) in [7, 11) is 0. The molecule has 2 N–H and O–H groups in total. The van der Waals surface area contributed by atoms with Gasteiger partial charge in [-0.1, -0.05) is 30.3 Å². The molecule has 0 atom stereocenters. The van der Waals surface area contributed by atoms with Crippen molar-refractivity contribution in [2.45, 2.75) is 4.90 Å². The number of amides is 2. The zero-order valence-corrected chi connectivity index (χ0v) is 17.2. The summed E-state index contributed by atoms with van der Waals surface area (Å²) in [6.45, 7) is -0.433. The third-order valence-electron chi connectivity index (χ3n) is 3.99. The Morgan fingerprint density at radius 3 is 2.13 bits per heavy atom. The Hall–Kier alpha value is -3.65. The van der Waals surface area contributed by atoms with E-state index >= 15 is 0 Å². The second kappa shape index (κ2) is 10.9. The molecule has 3 aromatic rings. The van der Waals surface area contributed by atoms with Gasteiger partial charge in [0.05, 0.1) is 11.3 Å². The number of hydrogen-bond donors (Lipinski definition) is 2. The van der Waals surface area contributed by atoms with Gasteiger partial charge in [-0.25, -0.2) is 9.18 Å². The van der Waals surface area contributed by atoms with Crippen molar-refractivity contribution in [2.75, 3.05) is 23.0 Å². The van der Waals surface area contributed by atoms with Crippen LogP contribution in [0.15, 0.2) is 83.8 Å². The average molecular weight is 438 g/mol. The molecular weight excluding hydrogens is 419 g/mol. The number of hydrogen-bond acceptors (Lipinski definition) is 5. The molecule has 0 aromatic heterocycles. The average Bonchev–Trinajstić information content (AvgIpc) is 2.78. The normalized spacial score (nSPS) is 10.2. The van der Waals surface area contributed by atoms with Gasteiger partial charge in [0.15, 0.2) is 6.61 Å². The molecule has 2 amide bonds. The van der Waals surface area contributed by atoms with Crippen molar-refractivity contribution >= 4 is 40.9 Å². The minimum absolute atomic E-state index is 0.0379. The molecule has 0 saturated carbocycles. The van der Waals surface area contributed by atoms with E-state index in [2.05, 4.69) is 10.6 Å². The van der Waals surface area contributed by atoms with Crippen molar-refractivity contribution in [1.82, 2.24) is 0 Å². The third-order valence-corrected chi connectivity index (χ3v) is 5.06. The van der Waals surface area contributed by atoms with Crippen LogP contribution in [0.5, 0.6) is 0 Å². The fourth-order valence-corrected chi connectivity index (χ4v) is 3.40. The van der Waals surface area contributed by atoms with Crippen LogP contribution in [0.1, 0.15) is 10.4 Å². The number of rotatable bonds is 8. The topological polar surface area (TPSA) is 84.5 Å². The van der Waals surface area contributed by atoms with Gasteiger partial charge in [0.1, 0.15) is 5.82 Å². The predicted octanol–water partition coefficient (Wildman–Crippen LogP) is 4.35. The van der Waals surface area contributed by atoms with E-state index in [0.717, 1.165) is 11.8 Å². The van der Waals surface area contributed by atoms with Crippen LogP contribution in [0.2, 0.25) is 0 Å². The van der Waals surface area contributed by atoms with Crippen LogP contribution < -0.4 is 10.6 Å². The van der Waals surface area contributed by atoms with Crippen LogP contribution in [0.3, 0.4) is 0 Å². The maximum Gasteiger partial charge on any atom is 0.339 e. The Bertz CT molecular complexity index is 1060. The number of anilines is 2. The Labute approximate surface area is 182 Å². The van der Waals surface area contributed by atoms with E-state index in [9.17, 15) is 18.8 Å². The van der Waals surface area contributed by atoms with Crippen molar-refractivity contribution in [2.24, 2.45) is 0 Å². The van der Waals surface area contributed by atoms with Gasteiger partial charge in [-0.2, -0.15) is 0 Å². The summed E-state index contributed by atoms with van der Waals surface area (Å²) in [5.74, 6) is -1.77. The van der Waals surface area contributed by atoms with Gasteiger partial charge in [0.25, 0.3) is 5.91 Å². The van der Waals surface area contributed by atoms with Crippen LogP contribution in [0, 0.1) is 5.82 Å². The molecule has 31 heavy (non-hydrogen) atoms. The maximum absolute atomic E-state index is 12.9. The lowest BCUT2D eigenvalue weighted by molar-refractivity contribution is -0.119. The molecule has 3 aromatic carbocycles. The van der Waals surface area contributed by atoms with Crippen LogP contribution in [0.4, 0.5) is 15.8 Å². The van der Waals surface area contributed by atoms with Crippen LogP contribution in [-0.4, -0.2) is 30.1 Å². The quantitative estimate of drug-likeness (QED) is 0.403. The molecule has 6 nitrogen and oxygen atoms in total. The molecule has 0 radical (unpaired) electrons. The van der Waals surface area contributed by atoms with Crippen molar-refractivity contribution in [3.8, 4) is 0 Å². The Balaban J connectivity index is 1.52. The van der Waals surface area contributed by atoms with E-state index in [4.69, 9.17) is 4.74 Å². The Kier molecular flexibility index (Phi) is 7.78. The highest BCUT2D eigenvalue weighted by Gasteiger charge is 2.16. The first kappa shape index (κ1) is 22.0. The van der Waals surface area contributed by atoms with E-state index in [1.54, 1.807) is 48.5 Å². The van der Waals surface area contributed by atoms with Crippen LogP contribution in [-0.2, 0) is 14.3 Å². The molecule has 0 unspecified atom stereocenters. The minimum Gasteiger partial charge on any atom is -0.452 e. The summed E-state index contributed by atoms with van der Waals surface area (Å²) in [5.41, 5.74) is 1.34. The highest BCUT2D eigenvalue weighted by atomic mass is 32.2. The van der Waals surface area contributed by atoms with Crippen molar-refractivity contribution in [3.63, 3.8) is 0 Å². The van der Waals surface area contributed by atoms with Crippen molar-refractivity contribution < 1.29 is 23.5 Å². The van der Waals surface area contributed by atoms with Crippen molar-refractivity contribution in [1.29, 1.82) is 0 Å². The van der Waals surface area contributed by atoms with Crippen LogP contribution >= 0.6 is 11.8 Å². The molecule has 0 saturated heterocycles. The number of esters is 1. The van der Waals surface area contributed by atoms with Crippen LogP contribution in [0.25, 0.3) is 0 Å². The second-order valence-corrected chi connectivity index (χ2v) is 7.35. The monoisotopic (exact) mass is 438 g/mol. The minimum atomic E-state index is -0.662. The number of nitrogens with one attached hydrogen (secondary N) is 2. The van der Waals surface area contributed by atoms with E-state index in [1.165, 1.54) is 24.3 Å². The SMILES string of the molecule is O=C(COC(=O)c1ccccc1SCC(=O)Nc1ccc(F)cc1)Nc1ccccc1. The van der Waals surface area contributed by atoms with Crippen molar-refractivity contribution in [3.05, 3.63) is 90.2 Å². The number of ether oxygens (including phenoxy) is 1. The number of thioether (sulfide) groups is 1. The standard InChI is InChI=1S/C23H19FN2O4S/c24-16-10-12-18(13-11-16)26-22(28)15-31-20-9-5-4-8-19(20)23(29)30-14-21(27)25-17-6-2-1-3-7-17/h1-13H,14-15H2,(H,25,27)(H,26,28). The van der Waals surface area contributed by atoms with Gasteiger partial charge in [-0.15, -0.1) is 11.8 Å². The van der Waals surface area contributed by atoms with Gasteiger partial charge in [-0.3, -0.25) is 9.59 Å². The first-order chi connectivity index (χ1) is 15.0. The first-order valence-corrected chi connectivity index (χ1v) is 10.3. The summed E-state index contributed by atoms with van der Waals surface area (Å²) >= 11 is 1.16. The fourth-order valence-electron chi connectivity index (χ4n) is 2.56. The summed E-state index contributed by atoms with van der Waals surface area (Å²) in [6, 6.07) is 20.9. The maximum atomic E-state index is 12.9. The molecule has 8 heteroatoms. The number of halogens is 1. The summed E-state index contributed by atoms with van der Waals surface area (Å²) in [4.78, 5) is 37.1. The van der Waals surface area contributed by atoms with Gasteiger partial charge >= 0.3 is 5.97 Å². The predicted molar refractivity (Wildman–Crippen MR) is 118 cm³/mol. The number of carbonyl (C=O) groups excluding carboxylic acids is 3. The Morgan fingerprint density at radius 1 is 0.774 bits per heavy atom. The smallest absolute Gasteiger partial charge is 0.339 e. The molecule has 0 aliphatic rings. The third kappa shape index (κ3) is 6.97. The van der Waals surface area contributed by atoms with E-state index in [-0.39, 0.29) is 17.2 Å². The van der Waals surface area contributed by atoms with Gasteiger partial charge in [0.2, 0.25) is 5.91 Å². The largest absolute Gasteiger partial charge is 0.452 e. The molecule has 0 aliphatic carbocycles. The number of para-hydroxylation sites is 1. The molecule has 0 bridgehead atoms. The van der Waals surface area contributed by atoms with Gasteiger partial charge in [-0.05, 0) is 48.5 Å². The molecule has 3 rings (SSSR count). The van der Waals surface area contributed by atoms with Gasteiger partial charge in [0, 0.05) is 16.3 Å². The number of benzene rings is 3. The molecule has 0 aliphatic heterocycles. The highest BCUT2D eigenvalue weighted by molar-refractivity contribution is 8.00. The lowest BCUT2D eigenvalue weighted by atomic mass is 10.2. The second-order valence-electron chi connectivity index (χ2n) is 6.33.